The second-order valence-electron chi connectivity index (χ2n) is 6.68. The first kappa shape index (κ1) is 18.9. The molecule has 0 aromatic heterocycles. The number of nitrogens with zero attached hydrogens (tertiary/aromatic N) is 1. The molecule has 1 saturated heterocycles. The first-order chi connectivity index (χ1) is 10.2. The first-order valence-corrected chi connectivity index (χ1v) is 9.00. The maximum absolute atomic E-state index is 5.94. The van der Waals surface area contributed by atoms with Crippen LogP contribution in [0.25, 0.3) is 0 Å². The number of hydrogen-bond acceptors (Lipinski definition) is 4. The van der Waals surface area contributed by atoms with Gasteiger partial charge in [0.15, 0.2) is 0 Å². The monoisotopic (exact) mass is 299 g/mol. The standard InChI is InChI=1S/C17H37N3O/c1-4-5-6-7-8-9-10-11-16(19-18)17-14-20(15(2)3)12-13-21-17/h15-17,19H,4-14,18H2,1-3H3. The Hall–Kier alpha value is -0.160. The molecule has 0 aromatic rings. The fraction of sp³-hybridized carbons (Fsp3) is 1.00. The number of nitrogens with two attached hydrogens (primary N) is 1. The van der Waals surface area contributed by atoms with E-state index in [1.165, 1.54) is 44.9 Å². The zero-order chi connectivity index (χ0) is 15.5. The van der Waals surface area contributed by atoms with E-state index in [-0.39, 0.29) is 6.10 Å². The Bertz CT molecular complexity index is 248. The summed E-state index contributed by atoms with van der Waals surface area (Å²) in [4.78, 5) is 2.49. The van der Waals surface area contributed by atoms with Gasteiger partial charge in [-0.3, -0.25) is 16.2 Å². The van der Waals surface area contributed by atoms with Crippen molar-refractivity contribution < 1.29 is 4.74 Å². The Morgan fingerprint density at radius 3 is 2.43 bits per heavy atom. The molecule has 4 nitrogen and oxygen atoms in total. The Kier molecular flexibility index (Phi) is 10.3. The number of rotatable bonds is 11. The fourth-order valence-corrected chi connectivity index (χ4v) is 3.11. The van der Waals surface area contributed by atoms with Gasteiger partial charge in [-0.25, -0.2) is 0 Å². The molecule has 4 heteroatoms. The minimum Gasteiger partial charge on any atom is -0.374 e. The van der Waals surface area contributed by atoms with Crippen LogP contribution in [0.1, 0.15) is 72.1 Å². The molecule has 0 bridgehead atoms. The molecule has 1 aliphatic rings. The number of ether oxygens (including phenoxy) is 1. The maximum atomic E-state index is 5.94. The van der Waals surface area contributed by atoms with Gasteiger partial charge in [-0.05, 0) is 20.3 Å². The molecule has 1 heterocycles. The van der Waals surface area contributed by atoms with Crippen LogP contribution in [-0.4, -0.2) is 42.8 Å². The lowest BCUT2D eigenvalue weighted by molar-refractivity contribution is -0.0568. The van der Waals surface area contributed by atoms with E-state index in [1.807, 2.05) is 0 Å². The third-order valence-corrected chi connectivity index (χ3v) is 4.64. The third kappa shape index (κ3) is 7.59. The first-order valence-electron chi connectivity index (χ1n) is 9.00. The van der Waals surface area contributed by atoms with Crippen molar-refractivity contribution in [2.45, 2.75) is 90.3 Å². The van der Waals surface area contributed by atoms with Gasteiger partial charge in [0.2, 0.25) is 0 Å². The van der Waals surface area contributed by atoms with Crippen LogP contribution in [0.5, 0.6) is 0 Å². The average Bonchev–Trinajstić information content (AvgIpc) is 2.50. The third-order valence-electron chi connectivity index (χ3n) is 4.64. The predicted octanol–water partition coefficient (Wildman–Crippen LogP) is 3.07. The highest BCUT2D eigenvalue weighted by Crippen LogP contribution is 2.16. The summed E-state index contributed by atoms with van der Waals surface area (Å²) in [6.07, 6.45) is 10.8. The Morgan fingerprint density at radius 1 is 1.14 bits per heavy atom. The van der Waals surface area contributed by atoms with E-state index >= 15 is 0 Å². The SMILES string of the molecule is CCCCCCCCCC(NN)C1CN(C(C)C)CCO1. The molecule has 2 unspecified atom stereocenters. The number of hydrogen-bond donors (Lipinski definition) is 2. The number of unbranched alkanes of at least 4 members (excludes halogenated alkanes) is 6. The molecule has 1 aliphatic heterocycles. The normalized spacial score (nSPS) is 21.9. The molecule has 21 heavy (non-hydrogen) atoms. The van der Waals surface area contributed by atoms with Gasteiger partial charge in [0, 0.05) is 25.2 Å². The molecular formula is C17H37N3O. The van der Waals surface area contributed by atoms with E-state index in [2.05, 4.69) is 31.1 Å². The van der Waals surface area contributed by atoms with E-state index in [0.717, 1.165) is 26.1 Å². The molecule has 0 amide bonds. The summed E-state index contributed by atoms with van der Waals surface area (Å²) in [7, 11) is 0. The van der Waals surface area contributed by atoms with Gasteiger partial charge in [-0.15, -0.1) is 0 Å². The van der Waals surface area contributed by atoms with Crippen LogP contribution in [0.15, 0.2) is 0 Å². The van der Waals surface area contributed by atoms with E-state index in [4.69, 9.17) is 10.6 Å². The smallest absolute Gasteiger partial charge is 0.0868 e. The minimum absolute atomic E-state index is 0.242. The average molecular weight is 300 g/mol. The lowest BCUT2D eigenvalue weighted by Crippen LogP contribution is -2.55. The van der Waals surface area contributed by atoms with Gasteiger partial charge in [-0.1, -0.05) is 51.9 Å². The maximum Gasteiger partial charge on any atom is 0.0868 e. The summed E-state index contributed by atoms with van der Waals surface area (Å²) < 4.78 is 5.94. The van der Waals surface area contributed by atoms with Crippen molar-refractivity contribution in [3.8, 4) is 0 Å². The summed E-state index contributed by atoms with van der Waals surface area (Å²) >= 11 is 0. The van der Waals surface area contributed by atoms with Crippen molar-refractivity contribution in [1.82, 2.24) is 10.3 Å². The van der Waals surface area contributed by atoms with E-state index in [9.17, 15) is 0 Å². The molecule has 1 rings (SSSR count). The van der Waals surface area contributed by atoms with Gasteiger partial charge in [0.25, 0.3) is 0 Å². The Labute approximate surface area is 131 Å². The van der Waals surface area contributed by atoms with Crippen molar-refractivity contribution in [2.24, 2.45) is 5.84 Å². The Balaban J connectivity index is 2.18. The molecular weight excluding hydrogens is 262 g/mol. The minimum atomic E-state index is 0.242. The van der Waals surface area contributed by atoms with Crippen molar-refractivity contribution in [2.75, 3.05) is 19.7 Å². The van der Waals surface area contributed by atoms with E-state index < -0.39 is 0 Å². The summed E-state index contributed by atoms with van der Waals surface area (Å²) in [6.45, 7) is 9.65. The number of morpholine rings is 1. The number of nitrogens with one attached hydrogen (secondary N) is 1. The molecule has 1 fully saturated rings. The summed E-state index contributed by atoms with van der Waals surface area (Å²) in [5, 5.41) is 0. The fourth-order valence-electron chi connectivity index (χ4n) is 3.11. The van der Waals surface area contributed by atoms with Crippen molar-refractivity contribution in [3.05, 3.63) is 0 Å². The molecule has 2 atom stereocenters. The number of hydrazine groups is 1. The van der Waals surface area contributed by atoms with Crippen LogP contribution >= 0.6 is 0 Å². The molecule has 126 valence electrons. The molecule has 0 spiro atoms. The second kappa shape index (κ2) is 11.4. The van der Waals surface area contributed by atoms with Crippen molar-refractivity contribution >= 4 is 0 Å². The van der Waals surface area contributed by atoms with Crippen LogP contribution in [0.2, 0.25) is 0 Å². The lowest BCUT2D eigenvalue weighted by atomic mass is 10.0. The molecule has 0 saturated carbocycles. The van der Waals surface area contributed by atoms with Crippen LogP contribution in [0.3, 0.4) is 0 Å². The van der Waals surface area contributed by atoms with Gasteiger partial charge in [0.05, 0.1) is 12.7 Å². The van der Waals surface area contributed by atoms with E-state index in [1.54, 1.807) is 0 Å². The summed E-state index contributed by atoms with van der Waals surface area (Å²) in [5.41, 5.74) is 2.99. The summed E-state index contributed by atoms with van der Waals surface area (Å²) in [6, 6.07) is 0.885. The second-order valence-corrected chi connectivity index (χ2v) is 6.68. The van der Waals surface area contributed by atoms with Crippen molar-refractivity contribution in [3.63, 3.8) is 0 Å². The van der Waals surface area contributed by atoms with Crippen LogP contribution < -0.4 is 11.3 Å². The van der Waals surface area contributed by atoms with Gasteiger partial charge in [0.1, 0.15) is 0 Å². The lowest BCUT2D eigenvalue weighted by Gasteiger charge is -2.38. The van der Waals surface area contributed by atoms with Crippen LogP contribution in [0.4, 0.5) is 0 Å². The molecule has 0 aromatic carbocycles. The van der Waals surface area contributed by atoms with Crippen LogP contribution in [0, 0.1) is 0 Å². The van der Waals surface area contributed by atoms with Gasteiger partial charge < -0.3 is 4.74 Å². The molecule has 0 radical (unpaired) electrons. The highest BCUT2D eigenvalue weighted by molar-refractivity contribution is 4.83. The van der Waals surface area contributed by atoms with Gasteiger partial charge in [-0.2, -0.15) is 0 Å². The molecule has 3 N–H and O–H groups in total. The Morgan fingerprint density at radius 2 is 1.81 bits per heavy atom. The topological polar surface area (TPSA) is 50.5 Å². The highest BCUT2D eigenvalue weighted by Gasteiger charge is 2.28. The summed E-state index contributed by atoms with van der Waals surface area (Å²) in [5.74, 6) is 5.76. The zero-order valence-corrected chi connectivity index (χ0v) is 14.4. The molecule has 0 aliphatic carbocycles. The van der Waals surface area contributed by atoms with Crippen molar-refractivity contribution in [1.29, 1.82) is 0 Å². The predicted molar refractivity (Wildman–Crippen MR) is 90.2 cm³/mol. The van der Waals surface area contributed by atoms with Crippen LogP contribution in [-0.2, 0) is 4.74 Å². The van der Waals surface area contributed by atoms with Gasteiger partial charge >= 0.3 is 0 Å². The highest BCUT2D eigenvalue weighted by atomic mass is 16.5. The quantitative estimate of drug-likeness (QED) is 0.350. The van der Waals surface area contributed by atoms with E-state index in [0.29, 0.717) is 12.1 Å². The largest absolute Gasteiger partial charge is 0.374 e. The zero-order valence-electron chi connectivity index (χ0n) is 14.4.